The highest BCUT2D eigenvalue weighted by atomic mass is 16.5. The van der Waals surface area contributed by atoms with E-state index in [1.54, 1.807) is 0 Å². The molecule has 0 saturated carbocycles. The number of hydrogen-bond donors (Lipinski definition) is 2. The van der Waals surface area contributed by atoms with Crippen molar-refractivity contribution in [2.24, 2.45) is 0 Å². The Balaban J connectivity index is 1.99. The third kappa shape index (κ3) is 4.36. The molecule has 21 heavy (non-hydrogen) atoms. The minimum atomic E-state index is -0.775. The van der Waals surface area contributed by atoms with Crippen molar-refractivity contribution >= 4 is 11.7 Å². The summed E-state index contributed by atoms with van der Waals surface area (Å²) in [6, 6.07) is 7.48. The van der Waals surface area contributed by atoms with Crippen molar-refractivity contribution in [3.63, 3.8) is 0 Å². The van der Waals surface area contributed by atoms with E-state index in [0.29, 0.717) is 19.6 Å². The van der Waals surface area contributed by atoms with E-state index in [0.717, 1.165) is 37.4 Å². The zero-order valence-electron chi connectivity index (χ0n) is 12.5. The van der Waals surface area contributed by atoms with Crippen LogP contribution >= 0.6 is 0 Å². The predicted molar refractivity (Wildman–Crippen MR) is 83.1 cm³/mol. The fourth-order valence-corrected chi connectivity index (χ4v) is 2.55. The Hall–Kier alpha value is -1.75. The van der Waals surface area contributed by atoms with Gasteiger partial charge in [0.15, 0.2) is 0 Å². The maximum Gasteiger partial charge on any atom is 0.320 e. The Kier molecular flexibility index (Phi) is 5.87. The largest absolute Gasteiger partial charge is 0.491 e. The number of nitrogens with zero attached hydrogens (tertiary/aromatic N) is 1. The number of hydrogen-bond acceptors (Lipinski definition) is 4. The Labute approximate surface area is 125 Å². The summed E-state index contributed by atoms with van der Waals surface area (Å²) in [6.07, 6.45) is 2.47. The lowest BCUT2D eigenvalue weighted by atomic mass is 10.1. The van der Waals surface area contributed by atoms with Crippen molar-refractivity contribution in [1.29, 1.82) is 0 Å². The minimum absolute atomic E-state index is 0.485. The van der Waals surface area contributed by atoms with Crippen LogP contribution < -0.4 is 15.0 Å². The molecule has 1 heterocycles. The molecule has 0 radical (unpaired) electrons. The molecule has 1 atom stereocenters. The van der Waals surface area contributed by atoms with Gasteiger partial charge in [0.2, 0.25) is 0 Å². The smallest absolute Gasteiger partial charge is 0.320 e. The van der Waals surface area contributed by atoms with Gasteiger partial charge in [-0.3, -0.25) is 4.79 Å². The first-order valence-corrected chi connectivity index (χ1v) is 7.65. The molecule has 1 aromatic carbocycles. The van der Waals surface area contributed by atoms with E-state index in [9.17, 15) is 9.90 Å². The second-order valence-corrected chi connectivity index (χ2v) is 5.29. The van der Waals surface area contributed by atoms with E-state index in [1.165, 1.54) is 0 Å². The zero-order valence-corrected chi connectivity index (χ0v) is 12.5. The lowest BCUT2D eigenvalue weighted by Crippen LogP contribution is -2.40. The summed E-state index contributed by atoms with van der Waals surface area (Å²) in [4.78, 5) is 13.5. The number of rotatable bonds is 7. The fraction of sp³-hybridized carbons (Fsp3) is 0.562. The number of carboxylic acid groups (broad SMARTS) is 1. The van der Waals surface area contributed by atoms with Gasteiger partial charge < -0.3 is 20.1 Å². The first-order chi connectivity index (χ1) is 10.2. The van der Waals surface area contributed by atoms with Crippen LogP contribution in [-0.2, 0) is 4.79 Å². The highest BCUT2D eigenvalue weighted by molar-refractivity contribution is 5.73. The molecule has 2 N–H and O–H groups in total. The molecule has 0 aromatic heterocycles. The third-order valence-electron chi connectivity index (χ3n) is 3.66. The van der Waals surface area contributed by atoms with E-state index in [1.807, 2.05) is 31.2 Å². The Morgan fingerprint density at radius 1 is 1.48 bits per heavy atom. The van der Waals surface area contributed by atoms with Crippen LogP contribution in [0.5, 0.6) is 5.75 Å². The lowest BCUT2D eigenvalue weighted by Gasteiger charge is -2.25. The van der Waals surface area contributed by atoms with Gasteiger partial charge in [0.05, 0.1) is 12.3 Å². The Morgan fingerprint density at radius 3 is 3.05 bits per heavy atom. The second kappa shape index (κ2) is 7.88. The van der Waals surface area contributed by atoms with Crippen molar-refractivity contribution in [2.45, 2.75) is 32.2 Å². The number of para-hydroxylation sites is 2. The van der Waals surface area contributed by atoms with Crippen molar-refractivity contribution in [3.05, 3.63) is 24.3 Å². The minimum Gasteiger partial charge on any atom is -0.491 e. The fourth-order valence-electron chi connectivity index (χ4n) is 2.55. The predicted octanol–water partition coefficient (Wildman–Crippen LogP) is 2.12. The average molecular weight is 292 g/mol. The van der Waals surface area contributed by atoms with Crippen LogP contribution in [0.2, 0.25) is 0 Å². The van der Waals surface area contributed by atoms with Gasteiger partial charge in [0.1, 0.15) is 11.8 Å². The van der Waals surface area contributed by atoms with Gasteiger partial charge >= 0.3 is 5.97 Å². The molecule has 0 amide bonds. The molecule has 0 aliphatic carbocycles. The third-order valence-corrected chi connectivity index (χ3v) is 3.66. The highest BCUT2D eigenvalue weighted by Gasteiger charge is 2.20. The number of benzene rings is 1. The van der Waals surface area contributed by atoms with E-state index < -0.39 is 12.0 Å². The van der Waals surface area contributed by atoms with E-state index >= 15 is 0 Å². The van der Waals surface area contributed by atoms with Gasteiger partial charge in [-0.2, -0.15) is 0 Å². The SMILES string of the molecule is CCCNC(CCN1CCCOc2ccccc21)C(=O)O. The number of aliphatic carboxylic acids is 1. The summed E-state index contributed by atoms with van der Waals surface area (Å²) >= 11 is 0. The van der Waals surface area contributed by atoms with E-state index in [-0.39, 0.29) is 0 Å². The van der Waals surface area contributed by atoms with Gasteiger partial charge in [-0.05, 0) is 37.9 Å². The standard InChI is InChI=1S/C16H24N2O3/c1-2-9-17-13(16(19)20)8-11-18-10-5-12-21-15-7-4-3-6-14(15)18/h3-4,6-7,13,17H,2,5,8-12H2,1H3,(H,19,20). The molecule has 1 aliphatic rings. The summed E-state index contributed by atoms with van der Waals surface area (Å²) in [6.45, 7) is 5.10. The molecule has 0 saturated heterocycles. The summed E-state index contributed by atoms with van der Waals surface area (Å²) in [7, 11) is 0. The van der Waals surface area contributed by atoms with Crippen LogP contribution in [0.3, 0.4) is 0 Å². The van der Waals surface area contributed by atoms with E-state index in [4.69, 9.17) is 4.74 Å². The summed E-state index contributed by atoms with van der Waals surface area (Å²) in [5, 5.41) is 12.4. The monoisotopic (exact) mass is 292 g/mol. The maximum absolute atomic E-state index is 11.3. The molecule has 5 nitrogen and oxygen atoms in total. The van der Waals surface area contributed by atoms with Crippen LogP contribution in [0, 0.1) is 0 Å². The summed E-state index contributed by atoms with van der Waals surface area (Å²) in [5.41, 5.74) is 1.06. The molecule has 1 aliphatic heterocycles. The van der Waals surface area contributed by atoms with Crippen LogP contribution in [0.4, 0.5) is 5.69 Å². The molecule has 0 spiro atoms. The van der Waals surface area contributed by atoms with Crippen LogP contribution in [0.15, 0.2) is 24.3 Å². The molecule has 0 bridgehead atoms. The number of nitrogens with one attached hydrogen (secondary N) is 1. The van der Waals surface area contributed by atoms with Gasteiger partial charge in [0.25, 0.3) is 0 Å². The van der Waals surface area contributed by atoms with Crippen molar-refractivity contribution in [3.8, 4) is 5.75 Å². The molecule has 2 rings (SSSR count). The van der Waals surface area contributed by atoms with Gasteiger partial charge in [-0.15, -0.1) is 0 Å². The number of carboxylic acids is 1. The molecule has 1 unspecified atom stereocenters. The summed E-state index contributed by atoms with van der Waals surface area (Å²) in [5.74, 6) is 0.117. The first-order valence-electron chi connectivity index (χ1n) is 7.65. The quantitative estimate of drug-likeness (QED) is 0.806. The van der Waals surface area contributed by atoms with Crippen LogP contribution in [0.25, 0.3) is 0 Å². The second-order valence-electron chi connectivity index (χ2n) is 5.29. The maximum atomic E-state index is 11.3. The first kappa shape index (κ1) is 15.6. The molecule has 116 valence electrons. The van der Waals surface area contributed by atoms with Gasteiger partial charge in [-0.25, -0.2) is 0 Å². The van der Waals surface area contributed by atoms with Crippen molar-refractivity contribution in [1.82, 2.24) is 5.32 Å². The molecule has 5 heteroatoms. The number of fused-ring (bicyclic) bond motifs is 1. The normalized spacial score (nSPS) is 15.8. The topological polar surface area (TPSA) is 61.8 Å². The Bertz CT molecular complexity index is 465. The van der Waals surface area contributed by atoms with Crippen molar-refractivity contribution < 1.29 is 14.6 Å². The van der Waals surface area contributed by atoms with Crippen molar-refractivity contribution in [2.75, 3.05) is 31.1 Å². The van der Waals surface area contributed by atoms with Crippen LogP contribution in [0.1, 0.15) is 26.2 Å². The zero-order chi connectivity index (χ0) is 15.1. The number of anilines is 1. The molecule has 1 aromatic rings. The summed E-state index contributed by atoms with van der Waals surface area (Å²) < 4.78 is 5.72. The lowest BCUT2D eigenvalue weighted by molar-refractivity contribution is -0.139. The number of ether oxygens (including phenoxy) is 1. The highest BCUT2D eigenvalue weighted by Crippen LogP contribution is 2.30. The van der Waals surface area contributed by atoms with E-state index in [2.05, 4.69) is 10.2 Å². The van der Waals surface area contributed by atoms with Gasteiger partial charge in [0, 0.05) is 13.1 Å². The Morgan fingerprint density at radius 2 is 2.29 bits per heavy atom. The number of carbonyl (C=O) groups is 1. The average Bonchev–Trinajstić information content (AvgIpc) is 2.69. The molecular formula is C16H24N2O3. The molecular weight excluding hydrogens is 268 g/mol. The van der Waals surface area contributed by atoms with Gasteiger partial charge in [-0.1, -0.05) is 19.1 Å². The molecule has 0 fully saturated rings. The van der Waals surface area contributed by atoms with Crippen LogP contribution in [-0.4, -0.2) is 43.4 Å².